The molecule has 0 bridgehead atoms. The predicted octanol–water partition coefficient (Wildman–Crippen LogP) is 0.214. The zero-order valence-electron chi connectivity index (χ0n) is 9.58. The van der Waals surface area contributed by atoms with Crippen molar-refractivity contribution in [2.45, 2.75) is 38.8 Å². The van der Waals surface area contributed by atoms with Gasteiger partial charge in [0.1, 0.15) is 0 Å². The molecule has 0 aromatic heterocycles. The lowest BCUT2D eigenvalue weighted by atomic mass is 10.1. The van der Waals surface area contributed by atoms with Crippen LogP contribution in [-0.2, 0) is 4.79 Å². The third-order valence-electron chi connectivity index (χ3n) is 2.33. The highest BCUT2D eigenvalue weighted by Crippen LogP contribution is 2.05. The summed E-state index contributed by atoms with van der Waals surface area (Å²) >= 11 is 0. The largest absolute Gasteiger partial charge is 0.393 e. The van der Waals surface area contributed by atoms with Crippen LogP contribution < -0.4 is 5.32 Å². The first-order valence-corrected chi connectivity index (χ1v) is 5.06. The lowest BCUT2D eigenvalue weighted by molar-refractivity contribution is -0.119. The molecule has 0 aromatic carbocycles. The van der Waals surface area contributed by atoms with Gasteiger partial charge in [-0.1, -0.05) is 6.92 Å². The van der Waals surface area contributed by atoms with E-state index in [4.69, 9.17) is 0 Å². The molecule has 2 N–H and O–H groups in total. The molecule has 84 valence electrons. The van der Waals surface area contributed by atoms with E-state index in [2.05, 4.69) is 5.32 Å². The summed E-state index contributed by atoms with van der Waals surface area (Å²) in [6.07, 6.45) is 1.17. The summed E-state index contributed by atoms with van der Waals surface area (Å²) in [7, 11) is 3.91. The van der Waals surface area contributed by atoms with E-state index in [1.807, 2.05) is 25.9 Å². The van der Waals surface area contributed by atoms with Crippen molar-refractivity contribution >= 4 is 5.91 Å². The molecule has 0 radical (unpaired) electrons. The summed E-state index contributed by atoms with van der Waals surface area (Å²) in [5.41, 5.74) is 0. The summed E-state index contributed by atoms with van der Waals surface area (Å²) in [6, 6.07) is 0.203. The number of amides is 1. The number of carbonyl (C=O) groups excluding carboxylic acids is 1. The van der Waals surface area contributed by atoms with Gasteiger partial charge in [0.15, 0.2) is 0 Å². The van der Waals surface area contributed by atoms with Gasteiger partial charge in [-0.25, -0.2) is 0 Å². The zero-order chi connectivity index (χ0) is 11.1. The maximum absolute atomic E-state index is 10.7. The van der Waals surface area contributed by atoms with Crippen LogP contribution in [0.3, 0.4) is 0 Å². The second-order valence-corrected chi connectivity index (χ2v) is 3.85. The third kappa shape index (κ3) is 5.94. The Morgan fingerprint density at radius 1 is 1.50 bits per heavy atom. The van der Waals surface area contributed by atoms with Crippen molar-refractivity contribution in [1.29, 1.82) is 0 Å². The van der Waals surface area contributed by atoms with Gasteiger partial charge in [0.25, 0.3) is 0 Å². The lowest BCUT2D eigenvalue weighted by Crippen LogP contribution is -2.41. The first kappa shape index (κ1) is 13.4. The number of carbonyl (C=O) groups is 1. The predicted molar refractivity (Wildman–Crippen MR) is 57.1 cm³/mol. The van der Waals surface area contributed by atoms with Crippen molar-refractivity contribution < 1.29 is 9.90 Å². The van der Waals surface area contributed by atoms with Crippen molar-refractivity contribution in [3.63, 3.8) is 0 Å². The molecule has 0 unspecified atom stereocenters. The third-order valence-corrected chi connectivity index (χ3v) is 2.33. The summed E-state index contributed by atoms with van der Waals surface area (Å²) in [4.78, 5) is 12.8. The minimum absolute atomic E-state index is 0.0251. The molecule has 0 heterocycles. The molecular weight excluding hydrogens is 180 g/mol. The first-order chi connectivity index (χ1) is 6.47. The Kier molecular flexibility index (Phi) is 6.49. The number of hydrogen-bond donors (Lipinski definition) is 2. The normalized spacial score (nSPS) is 15.3. The molecule has 0 aliphatic carbocycles. The highest BCUT2D eigenvalue weighted by atomic mass is 16.3. The molecule has 2 atom stereocenters. The number of nitrogens with zero attached hydrogens (tertiary/aromatic N) is 1. The Morgan fingerprint density at radius 3 is 2.43 bits per heavy atom. The second kappa shape index (κ2) is 6.79. The second-order valence-electron chi connectivity index (χ2n) is 3.85. The lowest BCUT2D eigenvalue weighted by Gasteiger charge is -2.26. The van der Waals surface area contributed by atoms with Crippen molar-refractivity contribution in [2.24, 2.45) is 0 Å². The van der Waals surface area contributed by atoms with Crippen LogP contribution in [0.4, 0.5) is 0 Å². The van der Waals surface area contributed by atoms with Gasteiger partial charge in [-0.3, -0.25) is 4.79 Å². The molecule has 4 nitrogen and oxygen atoms in total. The number of aliphatic hydroxyl groups excluding tert-OH is 1. The Bertz CT molecular complexity index is 172. The highest BCUT2D eigenvalue weighted by Gasteiger charge is 2.15. The fourth-order valence-corrected chi connectivity index (χ4v) is 1.22. The Balaban J connectivity index is 3.95. The number of hydrogen-bond acceptors (Lipinski definition) is 3. The van der Waals surface area contributed by atoms with E-state index in [1.165, 1.54) is 6.92 Å². The molecule has 0 fully saturated rings. The molecule has 0 saturated heterocycles. The van der Waals surface area contributed by atoms with Crippen LogP contribution in [0.1, 0.15) is 26.7 Å². The topological polar surface area (TPSA) is 52.6 Å². The van der Waals surface area contributed by atoms with Crippen LogP contribution in [0.5, 0.6) is 0 Å². The Labute approximate surface area is 86.3 Å². The fourth-order valence-electron chi connectivity index (χ4n) is 1.22. The van der Waals surface area contributed by atoms with Crippen molar-refractivity contribution in [1.82, 2.24) is 10.2 Å². The minimum atomic E-state index is -0.281. The van der Waals surface area contributed by atoms with E-state index in [0.717, 1.165) is 6.42 Å². The summed E-state index contributed by atoms with van der Waals surface area (Å²) in [6.45, 7) is 4.05. The van der Waals surface area contributed by atoms with E-state index in [0.29, 0.717) is 13.0 Å². The van der Waals surface area contributed by atoms with Crippen LogP contribution in [0, 0.1) is 0 Å². The monoisotopic (exact) mass is 202 g/mol. The minimum Gasteiger partial charge on any atom is -0.393 e. The van der Waals surface area contributed by atoms with Gasteiger partial charge in [-0.05, 0) is 26.9 Å². The van der Waals surface area contributed by atoms with Crippen LogP contribution in [-0.4, -0.2) is 48.7 Å². The highest BCUT2D eigenvalue weighted by molar-refractivity contribution is 5.72. The van der Waals surface area contributed by atoms with Gasteiger partial charge in [0.2, 0.25) is 5.91 Å². The van der Waals surface area contributed by atoms with Gasteiger partial charge in [-0.15, -0.1) is 0 Å². The molecule has 0 saturated carbocycles. The van der Waals surface area contributed by atoms with Gasteiger partial charge in [-0.2, -0.15) is 0 Å². The Morgan fingerprint density at radius 2 is 2.07 bits per heavy atom. The molecule has 0 rings (SSSR count). The quantitative estimate of drug-likeness (QED) is 0.647. The van der Waals surface area contributed by atoms with Crippen molar-refractivity contribution in [2.75, 3.05) is 20.6 Å². The van der Waals surface area contributed by atoms with Crippen LogP contribution >= 0.6 is 0 Å². The van der Waals surface area contributed by atoms with Crippen LogP contribution in [0.15, 0.2) is 0 Å². The number of likely N-dealkylation sites (N-methyl/N-ethyl adjacent to an activating group) is 1. The summed E-state index contributed by atoms with van der Waals surface area (Å²) < 4.78 is 0. The van der Waals surface area contributed by atoms with Crippen molar-refractivity contribution in [3.8, 4) is 0 Å². The number of aliphatic hydroxyl groups is 1. The van der Waals surface area contributed by atoms with Gasteiger partial charge >= 0.3 is 0 Å². The van der Waals surface area contributed by atoms with Crippen LogP contribution in [0.25, 0.3) is 0 Å². The van der Waals surface area contributed by atoms with E-state index < -0.39 is 0 Å². The number of rotatable bonds is 6. The van der Waals surface area contributed by atoms with Crippen molar-refractivity contribution in [3.05, 3.63) is 0 Å². The summed E-state index contributed by atoms with van der Waals surface area (Å²) in [5, 5.41) is 12.3. The standard InChI is InChI=1S/C10H22N2O2/c1-5-10(14)6-9(12(3)4)7-11-8(2)13/h9-10,14H,5-7H2,1-4H3,(H,11,13)/t9-,10+/m1/s1. The maximum Gasteiger partial charge on any atom is 0.216 e. The summed E-state index contributed by atoms with van der Waals surface area (Å²) in [5.74, 6) is -0.0251. The van der Waals surface area contributed by atoms with Crippen LogP contribution in [0.2, 0.25) is 0 Å². The number of nitrogens with one attached hydrogen (secondary N) is 1. The van der Waals surface area contributed by atoms with E-state index >= 15 is 0 Å². The van der Waals surface area contributed by atoms with E-state index in [1.54, 1.807) is 0 Å². The maximum atomic E-state index is 10.7. The average molecular weight is 202 g/mol. The van der Waals surface area contributed by atoms with E-state index in [-0.39, 0.29) is 18.1 Å². The van der Waals surface area contributed by atoms with Gasteiger partial charge < -0.3 is 15.3 Å². The van der Waals surface area contributed by atoms with E-state index in [9.17, 15) is 9.90 Å². The molecule has 0 aliphatic heterocycles. The molecule has 14 heavy (non-hydrogen) atoms. The molecule has 1 amide bonds. The smallest absolute Gasteiger partial charge is 0.216 e. The molecular formula is C10H22N2O2. The zero-order valence-corrected chi connectivity index (χ0v) is 9.58. The molecule has 0 spiro atoms. The SMILES string of the molecule is CC[C@H](O)C[C@H](CNC(C)=O)N(C)C. The molecule has 0 aliphatic rings. The Hall–Kier alpha value is -0.610. The first-order valence-electron chi connectivity index (χ1n) is 5.06. The molecule has 0 aromatic rings. The van der Waals surface area contributed by atoms with Gasteiger partial charge in [0, 0.05) is 19.5 Å². The average Bonchev–Trinajstić information content (AvgIpc) is 2.10. The fraction of sp³-hybridized carbons (Fsp3) is 0.900. The molecule has 4 heteroatoms. The van der Waals surface area contributed by atoms with Gasteiger partial charge in [0.05, 0.1) is 6.10 Å².